The number of nitrogens with zero attached hydrogens (tertiary/aromatic N) is 2. The third-order valence-electron chi connectivity index (χ3n) is 5.80. The number of amides is 1. The molecular formula is C19H31N3O2. The van der Waals surface area contributed by atoms with E-state index >= 15 is 0 Å². The van der Waals surface area contributed by atoms with E-state index in [2.05, 4.69) is 29.2 Å². The minimum absolute atomic E-state index is 0.107. The van der Waals surface area contributed by atoms with Crippen molar-refractivity contribution in [3.8, 4) is 0 Å². The van der Waals surface area contributed by atoms with E-state index in [0.717, 1.165) is 31.4 Å². The van der Waals surface area contributed by atoms with Crippen molar-refractivity contribution in [2.75, 3.05) is 13.1 Å². The van der Waals surface area contributed by atoms with Crippen LogP contribution in [0.15, 0.2) is 10.6 Å². The van der Waals surface area contributed by atoms with E-state index in [0.29, 0.717) is 17.7 Å². The molecule has 2 atom stereocenters. The van der Waals surface area contributed by atoms with Crippen LogP contribution in [0.2, 0.25) is 0 Å². The molecule has 24 heavy (non-hydrogen) atoms. The van der Waals surface area contributed by atoms with Gasteiger partial charge in [-0.25, -0.2) is 0 Å². The maximum atomic E-state index is 12.4. The normalized spacial score (nSPS) is 25.3. The molecule has 2 heterocycles. The lowest BCUT2D eigenvalue weighted by Crippen LogP contribution is -2.39. The first kappa shape index (κ1) is 17.5. The summed E-state index contributed by atoms with van der Waals surface area (Å²) >= 11 is 0. The molecule has 5 nitrogen and oxygen atoms in total. The molecule has 1 aliphatic heterocycles. The Morgan fingerprint density at radius 2 is 2.04 bits per heavy atom. The van der Waals surface area contributed by atoms with Gasteiger partial charge in [0, 0.05) is 24.1 Å². The molecule has 2 fully saturated rings. The van der Waals surface area contributed by atoms with Gasteiger partial charge in [0.25, 0.3) is 5.91 Å². The summed E-state index contributed by atoms with van der Waals surface area (Å²) in [6, 6.07) is 2.74. The first-order chi connectivity index (χ1) is 11.7. The molecule has 1 amide bonds. The number of hydrogen-bond donors (Lipinski definition) is 1. The van der Waals surface area contributed by atoms with Crippen LogP contribution in [0.1, 0.15) is 87.4 Å². The van der Waals surface area contributed by atoms with Crippen LogP contribution in [0.25, 0.3) is 0 Å². The lowest BCUT2D eigenvalue weighted by atomic mass is 9.99. The summed E-state index contributed by atoms with van der Waals surface area (Å²) in [5.74, 6) is 0.632. The smallest absolute Gasteiger partial charge is 0.290 e. The number of piperidine rings is 1. The molecule has 1 aliphatic carbocycles. The zero-order chi connectivity index (χ0) is 16.9. The van der Waals surface area contributed by atoms with Crippen LogP contribution in [0, 0.1) is 0 Å². The van der Waals surface area contributed by atoms with Gasteiger partial charge >= 0.3 is 0 Å². The minimum Gasteiger partial charge on any atom is -0.351 e. The van der Waals surface area contributed by atoms with Crippen LogP contribution < -0.4 is 5.32 Å². The average Bonchev–Trinajstić information content (AvgIpc) is 3.27. The molecule has 1 N–H and O–H groups in total. The number of likely N-dealkylation sites (tertiary alicyclic amines) is 1. The second-order valence-corrected chi connectivity index (χ2v) is 7.36. The van der Waals surface area contributed by atoms with Gasteiger partial charge in [0.2, 0.25) is 5.76 Å². The summed E-state index contributed by atoms with van der Waals surface area (Å²) in [5, 5.41) is 7.25. The Kier molecular flexibility index (Phi) is 5.93. The van der Waals surface area contributed by atoms with E-state index in [4.69, 9.17) is 4.52 Å². The van der Waals surface area contributed by atoms with Crippen LogP contribution in [0.4, 0.5) is 0 Å². The highest BCUT2D eigenvalue weighted by Gasteiger charge is 2.31. The SMILES string of the molecule is CCC(CC)c1cc(C(=O)N[C@H]2CC[C@@H](N3CCCCC3)C2)on1. The summed E-state index contributed by atoms with van der Waals surface area (Å²) in [7, 11) is 0. The Bertz CT molecular complexity index is 532. The van der Waals surface area contributed by atoms with Gasteiger partial charge in [-0.1, -0.05) is 25.4 Å². The highest BCUT2D eigenvalue weighted by Crippen LogP contribution is 2.27. The summed E-state index contributed by atoms with van der Waals surface area (Å²) in [6.07, 6.45) is 9.39. The molecule has 0 bridgehead atoms. The maximum absolute atomic E-state index is 12.4. The van der Waals surface area contributed by atoms with Gasteiger partial charge in [-0.05, 0) is 58.0 Å². The largest absolute Gasteiger partial charge is 0.351 e. The monoisotopic (exact) mass is 333 g/mol. The number of rotatable bonds is 6. The Morgan fingerprint density at radius 1 is 1.29 bits per heavy atom. The lowest BCUT2D eigenvalue weighted by molar-refractivity contribution is 0.0897. The fraction of sp³-hybridized carbons (Fsp3) is 0.789. The van der Waals surface area contributed by atoms with E-state index in [1.807, 2.05) is 6.07 Å². The van der Waals surface area contributed by atoms with E-state index < -0.39 is 0 Å². The summed E-state index contributed by atoms with van der Waals surface area (Å²) in [4.78, 5) is 15.1. The van der Waals surface area contributed by atoms with Crippen molar-refractivity contribution in [2.45, 2.75) is 83.2 Å². The van der Waals surface area contributed by atoms with Gasteiger partial charge in [0.15, 0.2) is 0 Å². The summed E-state index contributed by atoms with van der Waals surface area (Å²) < 4.78 is 5.29. The predicted molar refractivity (Wildman–Crippen MR) is 94.1 cm³/mol. The number of carbonyl (C=O) groups excluding carboxylic acids is 1. The van der Waals surface area contributed by atoms with Crippen molar-refractivity contribution in [3.63, 3.8) is 0 Å². The Labute approximate surface area is 145 Å². The summed E-state index contributed by atoms with van der Waals surface area (Å²) in [6.45, 7) is 6.74. The van der Waals surface area contributed by atoms with Crippen LogP contribution in [0.5, 0.6) is 0 Å². The first-order valence-electron chi connectivity index (χ1n) is 9.72. The number of hydrogen-bond acceptors (Lipinski definition) is 4. The second kappa shape index (κ2) is 8.15. The third-order valence-corrected chi connectivity index (χ3v) is 5.80. The summed E-state index contributed by atoms with van der Waals surface area (Å²) in [5.41, 5.74) is 0.905. The van der Waals surface area contributed by atoms with E-state index in [1.165, 1.54) is 38.8 Å². The van der Waals surface area contributed by atoms with E-state index in [1.54, 1.807) is 0 Å². The van der Waals surface area contributed by atoms with E-state index in [9.17, 15) is 4.79 Å². The number of nitrogens with one attached hydrogen (secondary N) is 1. The van der Waals surface area contributed by atoms with Crippen molar-refractivity contribution < 1.29 is 9.32 Å². The van der Waals surface area contributed by atoms with E-state index in [-0.39, 0.29) is 11.9 Å². The quantitative estimate of drug-likeness (QED) is 0.862. The molecule has 1 saturated carbocycles. The van der Waals surface area contributed by atoms with Crippen LogP contribution >= 0.6 is 0 Å². The maximum Gasteiger partial charge on any atom is 0.290 e. The topological polar surface area (TPSA) is 58.4 Å². The predicted octanol–water partition coefficient (Wildman–Crippen LogP) is 3.72. The van der Waals surface area contributed by atoms with Gasteiger partial charge < -0.3 is 14.7 Å². The van der Waals surface area contributed by atoms with Crippen LogP contribution in [0.3, 0.4) is 0 Å². The van der Waals surface area contributed by atoms with Crippen molar-refractivity contribution in [1.82, 2.24) is 15.4 Å². The van der Waals surface area contributed by atoms with Crippen molar-refractivity contribution in [3.05, 3.63) is 17.5 Å². The van der Waals surface area contributed by atoms with Gasteiger partial charge in [0.05, 0.1) is 5.69 Å². The van der Waals surface area contributed by atoms with Gasteiger partial charge in [-0.2, -0.15) is 0 Å². The molecule has 0 spiro atoms. The fourth-order valence-corrected chi connectivity index (χ4v) is 4.26. The van der Waals surface area contributed by atoms with Crippen LogP contribution in [-0.4, -0.2) is 41.1 Å². The molecule has 1 aromatic heterocycles. The zero-order valence-electron chi connectivity index (χ0n) is 15.1. The van der Waals surface area contributed by atoms with Crippen LogP contribution in [-0.2, 0) is 0 Å². The standard InChI is InChI=1S/C19H31N3O2/c1-3-14(4-2)17-13-18(24-21-17)19(23)20-15-8-9-16(12-15)22-10-6-5-7-11-22/h13-16H,3-12H2,1-2H3,(H,20,23)/t15-,16+/m0/s1. The van der Waals surface area contributed by atoms with Crippen molar-refractivity contribution in [2.24, 2.45) is 0 Å². The molecule has 0 unspecified atom stereocenters. The molecule has 2 aliphatic rings. The molecule has 3 rings (SSSR count). The zero-order valence-corrected chi connectivity index (χ0v) is 15.1. The Hall–Kier alpha value is -1.36. The Morgan fingerprint density at radius 3 is 2.75 bits per heavy atom. The molecule has 0 radical (unpaired) electrons. The molecular weight excluding hydrogens is 302 g/mol. The highest BCUT2D eigenvalue weighted by molar-refractivity contribution is 5.91. The second-order valence-electron chi connectivity index (χ2n) is 7.36. The number of aromatic nitrogens is 1. The van der Waals surface area contributed by atoms with Crippen molar-refractivity contribution >= 4 is 5.91 Å². The molecule has 0 aromatic carbocycles. The van der Waals surface area contributed by atoms with Gasteiger partial charge in [-0.3, -0.25) is 4.79 Å². The Balaban J connectivity index is 1.52. The average molecular weight is 333 g/mol. The van der Waals surface area contributed by atoms with Gasteiger partial charge in [0.1, 0.15) is 0 Å². The molecule has 1 saturated heterocycles. The molecule has 1 aromatic rings. The van der Waals surface area contributed by atoms with Gasteiger partial charge in [-0.15, -0.1) is 0 Å². The van der Waals surface area contributed by atoms with Crippen molar-refractivity contribution in [1.29, 1.82) is 0 Å². The fourth-order valence-electron chi connectivity index (χ4n) is 4.26. The third kappa shape index (κ3) is 4.00. The number of carbonyl (C=O) groups is 1. The molecule has 5 heteroatoms. The highest BCUT2D eigenvalue weighted by atomic mass is 16.5. The first-order valence-corrected chi connectivity index (χ1v) is 9.72. The minimum atomic E-state index is -0.107. The molecule has 134 valence electrons. The lowest BCUT2D eigenvalue weighted by Gasteiger charge is -2.32.